The Morgan fingerprint density at radius 1 is 1.44 bits per heavy atom. The molecule has 0 bridgehead atoms. The van der Waals surface area contributed by atoms with E-state index in [-0.39, 0.29) is 0 Å². The highest BCUT2D eigenvalue weighted by molar-refractivity contribution is 7.99. The Kier molecular flexibility index (Phi) is 3.53. The van der Waals surface area contributed by atoms with Gasteiger partial charge in [0.25, 0.3) is 0 Å². The number of aryl methyl sites for hydroxylation is 2. The molecule has 0 unspecified atom stereocenters. The van der Waals surface area contributed by atoms with Gasteiger partial charge >= 0.3 is 11.1 Å². The molecule has 0 spiro atoms. The fraction of sp³-hybridized carbons (Fsp3) is 0.200. The van der Waals surface area contributed by atoms with Gasteiger partial charge < -0.3 is 0 Å². The Labute approximate surface area is 111 Å². The van der Waals surface area contributed by atoms with E-state index >= 15 is 0 Å². The molecule has 8 heteroatoms. The van der Waals surface area contributed by atoms with E-state index in [1.54, 1.807) is 19.3 Å². The SMILES string of the molecule is Cc1cnc(Cl)cc1Sc1nc(=O)c(=O)[nH]n1C. The fourth-order valence-corrected chi connectivity index (χ4v) is 2.36. The van der Waals surface area contributed by atoms with E-state index in [9.17, 15) is 9.59 Å². The van der Waals surface area contributed by atoms with Crippen LogP contribution < -0.4 is 11.1 Å². The van der Waals surface area contributed by atoms with E-state index in [0.29, 0.717) is 10.3 Å². The third kappa shape index (κ3) is 2.62. The van der Waals surface area contributed by atoms with Crippen molar-refractivity contribution >= 4 is 23.4 Å². The number of aromatic amines is 1. The minimum atomic E-state index is -0.812. The van der Waals surface area contributed by atoms with Crippen molar-refractivity contribution in [1.29, 1.82) is 0 Å². The maximum atomic E-state index is 11.2. The zero-order valence-corrected chi connectivity index (χ0v) is 11.2. The lowest BCUT2D eigenvalue weighted by molar-refractivity contribution is 0.596. The molecule has 2 aromatic rings. The quantitative estimate of drug-likeness (QED) is 0.657. The first-order chi connectivity index (χ1) is 8.47. The Morgan fingerprint density at radius 3 is 2.89 bits per heavy atom. The second-order valence-electron chi connectivity index (χ2n) is 3.57. The smallest absolute Gasteiger partial charge is 0.265 e. The van der Waals surface area contributed by atoms with Crippen LogP contribution in [0.2, 0.25) is 5.15 Å². The first-order valence-electron chi connectivity index (χ1n) is 4.94. The van der Waals surface area contributed by atoms with Gasteiger partial charge in [-0.1, -0.05) is 11.6 Å². The molecule has 0 atom stereocenters. The van der Waals surface area contributed by atoms with Crippen molar-refractivity contribution in [1.82, 2.24) is 19.7 Å². The van der Waals surface area contributed by atoms with Gasteiger partial charge in [-0.05, 0) is 30.3 Å². The molecule has 0 aliphatic heterocycles. The number of hydrogen-bond donors (Lipinski definition) is 1. The molecule has 18 heavy (non-hydrogen) atoms. The zero-order chi connectivity index (χ0) is 13.3. The van der Waals surface area contributed by atoms with E-state index < -0.39 is 11.1 Å². The van der Waals surface area contributed by atoms with Crippen LogP contribution in [0, 0.1) is 6.92 Å². The lowest BCUT2D eigenvalue weighted by Gasteiger charge is -2.07. The van der Waals surface area contributed by atoms with Gasteiger partial charge in [0.2, 0.25) is 0 Å². The first kappa shape index (κ1) is 12.8. The summed E-state index contributed by atoms with van der Waals surface area (Å²) in [6, 6.07) is 1.68. The minimum absolute atomic E-state index is 0.359. The molecule has 0 fully saturated rings. The molecule has 0 aromatic carbocycles. The Morgan fingerprint density at radius 2 is 2.17 bits per heavy atom. The Balaban J connectivity index is 2.46. The van der Waals surface area contributed by atoms with Crippen LogP contribution >= 0.6 is 23.4 Å². The summed E-state index contributed by atoms with van der Waals surface area (Å²) in [6.07, 6.45) is 1.63. The molecule has 0 aliphatic rings. The summed E-state index contributed by atoms with van der Waals surface area (Å²) in [4.78, 5) is 30.8. The van der Waals surface area contributed by atoms with Crippen LogP contribution in [0.4, 0.5) is 0 Å². The molecule has 0 amide bonds. The van der Waals surface area contributed by atoms with E-state index in [0.717, 1.165) is 10.5 Å². The monoisotopic (exact) mass is 284 g/mol. The first-order valence-corrected chi connectivity index (χ1v) is 6.14. The topological polar surface area (TPSA) is 80.6 Å². The fourth-order valence-electron chi connectivity index (χ4n) is 1.24. The minimum Gasteiger partial charge on any atom is -0.265 e. The number of rotatable bonds is 2. The number of nitrogens with one attached hydrogen (secondary N) is 1. The molecule has 6 nitrogen and oxygen atoms in total. The molecular weight excluding hydrogens is 276 g/mol. The van der Waals surface area contributed by atoms with E-state index in [2.05, 4.69) is 15.1 Å². The predicted molar refractivity (Wildman–Crippen MR) is 68.2 cm³/mol. The molecular formula is C10H9ClN4O2S. The predicted octanol–water partition coefficient (Wildman–Crippen LogP) is 0.977. The highest BCUT2D eigenvalue weighted by Gasteiger charge is 2.08. The lowest BCUT2D eigenvalue weighted by Crippen LogP contribution is -2.33. The standard InChI is InChI=1S/C10H9ClN4O2S/c1-5-4-12-7(11)3-6(5)18-10-13-8(16)9(17)14-15(10)2/h3-4H,1-2H3,(H,14,17). The van der Waals surface area contributed by atoms with E-state index in [1.165, 1.54) is 16.4 Å². The highest BCUT2D eigenvalue weighted by Crippen LogP contribution is 2.28. The number of halogens is 1. The highest BCUT2D eigenvalue weighted by atomic mass is 35.5. The molecule has 0 saturated carbocycles. The average molecular weight is 285 g/mol. The molecule has 1 N–H and O–H groups in total. The summed E-state index contributed by atoms with van der Waals surface area (Å²) in [7, 11) is 1.61. The molecule has 2 heterocycles. The lowest BCUT2D eigenvalue weighted by atomic mass is 10.3. The summed E-state index contributed by atoms with van der Waals surface area (Å²) >= 11 is 7.04. The van der Waals surface area contributed by atoms with Crippen molar-refractivity contribution in [2.24, 2.45) is 7.05 Å². The van der Waals surface area contributed by atoms with Gasteiger partial charge in [0.05, 0.1) is 0 Å². The number of H-pyrrole nitrogens is 1. The van der Waals surface area contributed by atoms with Gasteiger partial charge in [0.1, 0.15) is 5.15 Å². The second-order valence-corrected chi connectivity index (χ2v) is 4.97. The van der Waals surface area contributed by atoms with Crippen molar-refractivity contribution < 1.29 is 0 Å². The maximum Gasteiger partial charge on any atom is 0.339 e. The van der Waals surface area contributed by atoms with Crippen LogP contribution in [0.15, 0.2) is 31.9 Å². The van der Waals surface area contributed by atoms with Crippen LogP contribution in [0.3, 0.4) is 0 Å². The maximum absolute atomic E-state index is 11.2. The molecule has 0 saturated heterocycles. The summed E-state index contributed by atoms with van der Waals surface area (Å²) in [5.74, 6) is 0. The summed E-state index contributed by atoms with van der Waals surface area (Å²) in [5, 5.41) is 3.12. The third-order valence-electron chi connectivity index (χ3n) is 2.17. The van der Waals surface area contributed by atoms with Crippen LogP contribution in [0.1, 0.15) is 5.56 Å². The molecule has 0 aliphatic carbocycles. The van der Waals surface area contributed by atoms with Crippen molar-refractivity contribution in [3.8, 4) is 0 Å². The Hall–Kier alpha value is -1.60. The van der Waals surface area contributed by atoms with E-state index in [1.807, 2.05) is 6.92 Å². The summed E-state index contributed by atoms with van der Waals surface area (Å²) in [5.41, 5.74) is -0.649. The summed E-state index contributed by atoms with van der Waals surface area (Å²) in [6.45, 7) is 1.87. The van der Waals surface area contributed by atoms with Crippen molar-refractivity contribution in [3.63, 3.8) is 0 Å². The molecule has 94 valence electrons. The van der Waals surface area contributed by atoms with Gasteiger partial charge in [-0.25, -0.2) is 4.98 Å². The molecule has 2 aromatic heterocycles. The number of nitrogens with zero attached hydrogens (tertiary/aromatic N) is 3. The summed E-state index contributed by atoms with van der Waals surface area (Å²) < 4.78 is 1.39. The second kappa shape index (κ2) is 4.95. The van der Waals surface area contributed by atoms with Gasteiger partial charge in [-0.3, -0.25) is 19.4 Å². The van der Waals surface area contributed by atoms with Crippen LogP contribution in [0.5, 0.6) is 0 Å². The molecule has 0 radical (unpaired) electrons. The van der Waals surface area contributed by atoms with Crippen molar-refractivity contribution in [2.75, 3.05) is 0 Å². The number of pyridine rings is 1. The third-order valence-corrected chi connectivity index (χ3v) is 3.58. The van der Waals surface area contributed by atoms with Crippen LogP contribution in [-0.4, -0.2) is 19.7 Å². The van der Waals surface area contributed by atoms with Gasteiger partial charge in [-0.15, -0.1) is 0 Å². The van der Waals surface area contributed by atoms with Crippen LogP contribution in [0.25, 0.3) is 0 Å². The normalized spacial score (nSPS) is 10.6. The molecule has 2 rings (SSSR count). The van der Waals surface area contributed by atoms with Gasteiger partial charge in [-0.2, -0.15) is 4.98 Å². The Bertz CT molecular complexity index is 710. The van der Waals surface area contributed by atoms with E-state index in [4.69, 9.17) is 11.6 Å². The van der Waals surface area contributed by atoms with Gasteiger partial charge in [0, 0.05) is 18.1 Å². The number of hydrogen-bond acceptors (Lipinski definition) is 5. The van der Waals surface area contributed by atoms with Crippen molar-refractivity contribution in [2.45, 2.75) is 17.0 Å². The number of aromatic nitrogens is 4. The zero-order valence-electron chi connectivity index (χ0n) is 9.60. The largest absolute Gasteiger partial charge is 0.339 e. The van der Waals surface area contributed by atoms with Crippen LogP contribution in [-0.2, 0) is 7.05 Å². The van der Waals surface area contributed by atoms with Crippen molar-refractivity contribution in [3.05, 3.63) is 43.7 Å². The van der Waals surface area contributed by atoms with Gasteiger partial charge in [0.15, 0.2) is 5.16 Å². The average Bonchev–Trinajstić information content (AvgIpc) is 2.30.